The average Bonchev–Trinajstić information content (AvgIpc) is 2.60. The molecule has 1 N–H and O–H groups in total. The van der Waals surface area contributed by atoms with Crippen LogP contribution < -0.4 is 5.32 Å². The summed E-state index contributed by atoms with van der Waals surface area (Å²) in [4.78, 5) is 11.3. The molecule has 1 saturated carbocycles. The number of rotatable bonds is 1. The maximum Gasteiger partial charge on any atom is 0.408 e. The van der Waals surface area contributed by atoms with Gasteiger partial charge in [-0.25, -0.2) is 13.6 Å². The van der Waals surface area contributed by atoms with E-state index >= 15 is 0 Å². The average molecular weight is 239 g/mol. The van der Waals surface area contributed by atoms with E-state index in [9.17, 15) is 13.6 Å². The summed E-state index contributed by atoms with van der Waals surface area (Å²) < 4.78 is 31.3. The number of hydrogen-bond donors (Lipinski definition) is 1. The lowest BCUT2D eigenvalue weighted by Crippen LogP contribution is -2.43. The number of halogens is 2. The zero-order valence-corrected chi connectivity index (χ0v) is 9.00. The number of alkyl carbamates (subject to hydrolysis) is 1. The van der Waals surface area contributed by atoms with E-state index in [-0.39, 0.29) is 6.04 Å². The van der Waals surface area contributed by atoms with Crippen molar-refractivity contribution in [1.29, 1.82) is 0 Å². The largest absolute Gasteiger partial charge is 0.440 e. The zero-order valence-electron chi connectivity index (χ0n) is 9.00. The molecule has 2 aliphatic rings. The summed E-state index contributed by atoms with van der Waals surface area (Å²) in [6.07, 6.45) is 2.01. The van der Waals surface area contributed by atoms with Crippen LogP contribution in [0, 0.1) is 11.6 Å². The predicted molar refractivity (Wildman–Crippen MR) is 55.3 cm³/mol. The Kier molecular flexibility index (Phi) is 2.11. The van der Waals surface area contributed by atoms with Gasteiger partial charge in [-0.05, 0) is 37.0 Å². The van der Waals surface area contributed by atoms with Crippen LogP contribution in [0.4, 0.5) is 13.6 Å². The second kappa shape index (κ2) is 3.42. The first kappa shape index (κ1) is 10.5. The molecule has 1 atom stereocenters. The van der Waals surface area contributed by atoms with Gasteiger partial charge in [0.25, 0.3) is 0 Å². The number of carbonyl (C=O) groups excluding carboxylic acids is 1. The number of amides is 1. The van der Waals surface area contributed by atoms with E-state index < -0.39 is 23.3 Å². The molecule has 3 rings (SSSR count). The molecule has 5 heteroatoms. The highest BCUT2D eigenvalue weighted by Gasteiger charge is 2.53. The van der Waals surface area contributed by atoms with Gasteiger partial charge in [0.2, 0.25) is 0 Å². The SMILES string of the molecule is O=C1NC(c2ccc(F)c(F)c2)C2(CCC2)O1. The molecule has 17 heavy (non-hydrogen) atoms. The summed E-state index contributed by atoms with van der Waals surface area (Å²) in [6, 6.07) is 3.30. The molecular formula is C12H11F2NO2. The molecule has 1 unspecified atom stereocenters. The molecule has 1 aromatic rings. The monoisotopic (exact) mass is 239 g/mol. The van der Waals surface area contributed by atoms with Gasteiger partial charge in [-0.1, -0.05) is 6.07 Å². The standard InChI is InChI=1S/C12H11F2NO2/c13-8-3-2-7(6-9(8)14)10-12(4-1-5-12)17-11(16)15-10/h2-3,6,10H,1,4-5H2,(H,15,16). The molecule has 1 heterocycles. The van der Waals surface area contributed by atoms with Gasteiger partial charge in [0.1, 0.15) is 5.60 Å². The minimum atomic E-state index is -0.905. The van der Waals surface area contributed by atoms with Gasteiger partial charge in [-0.15, -0.1) is 0 Å². The van der Waals surface area contributed by atoms with Crippen LogP contribution in [0.5, 0.6) is 0 Å². The van der Waals surface area contributed by atoms with Crippen LogP contribution in [0.3, 0.4) is 0 Å². The zero-order chi connectivity index (χ0) is 12.0. The molecule has 90 valence electrons. The number of hydrogen-bond acceptors (Lipinski definition) is 2. The molecule has 0 radical (unpaired) electrons. The van der Waals surface area contributed by atoms with Crippen LogP contribution in [-0.2, 0) is 4.74 Å². The first-order valence-corrected chi connectivity index (χ1v) is 5.55. The molecule has 2 fully saturated rings. The lowest BCUT2D eigenvalue weighted by molar-refractivity contribution is -0.0298. The maximum absolute atomic E-state index is 13.2. The molecule has 1 spiro atoms. The number of ether oxygens (including phenoxy) is 1. The van der Waals surface area contributed by atoms with E-state index in [1.54, 1.807) is 0 Å². The van der Waals surface area contributed by atoms with Crippen molar-refractivity contribution in [2.45, 2.75) is 30.9 Å². The van der Waals surface area contributed by atoms with E-state index in [4.69, 9.17) is 4.74 Å². The third kappa shape index (κ3) is 1.49. The number of carbonyl (C=O) groups is 1. The summed E-state index contributed by atoms with van der Waals surface area (Å²) in [5.41, 5.74) is -0.00380. The molecule has 0 aromatic heterocycles. The van der Waals surface area contributed by atoms with Crippen molar-refractivity contribution in [3.8, 4) is 0 Å². The van der Waals surface area contributed by atoms with Crippen molar-refractivity contribution in [2.75, 3.05) is 0 Å². The molecule has 1 aliphatic carbocycles. The van der Waals surface area contributed by atoms with Crippen LogP contribution in [0.15, 0.2) is 18.2 Å². The van der Waals surface area contributed by atoms with E-state index in [1.165, 1.54) is 6.07 Å². The van der Waals surface area contributed by atoms with Crippen molar-refractivity contribution in [1.82, 2.24) is 5.32 Å². The Morgan fingerprint density at radius 2 is 2.06 bits per heavy atom. The van der Waals surface area contributed by atoms with E-state index in [2.05, 4.69) is 5.32 Å². The first-order chi connectivity index (χ1) is 8.11. The highest BCUT2D eigenvalue weighted by atomic mass is 19.2. The Hall–Kier alpha value is -1.65. The van der Waals surface area contributed by atoms with E-state index in [0.717, 1.165) is 31.4 Å². The van der Waals surface area contributed by atoms with Crippen molar-refractivity contribution in [3.63, 3.8) is 0 Å². The van der Waals surface area contributed by atoms with Crippen LogP contribution in [0.1, 0.15) is 30.9 Å². The quantitative estimate of drug-likeness (QED) is 0.818. The lowest BCUT2D eigenvalue weighted by atomic mass is 9.73. The van der Waals surface area contributed by atoms with Gasteiger partial charge >= 0.3 is 6.09 Å². The van der Waals surface area contributed by atoms with Gasteiger partial charge in [-0.2, -0.15) is 0 Å². The van der Waals surface area contributed by atoms with E-state index in [1.807, 2.05) is 0 Å². The molecule has 1 aromatic carbocycles. The second-order valence-electron chi connectivity index (χ2n) is 4.56. The van der Waals surface area contributed by atoms with Gasteiger partial charge in [0.15, 0.2) is 11.6 Å². The normalized spacial score (nSPS) is 25.3. The van der Waals surface area contributed by atoms with E-state index in [0.29, 0.717) is 5.56 Å². The van der Waals surface area contributed by atoms with Gasteiger partial charge in [0, 0.05) is 0 Å². The Balaban J connectivity index is 1.97. The van der Waals surface area contributed by atoms with Crippen molar-refractivity contribution >= 4 is 6.09 Å². The molecule has 0 bridgehead atoms. The molecule has 3 nitrogen and oxygen atoms in total. The Bertz CT molecular complexity index is 485. The fourth-order valence-electron chi connectivity index (χ4n) is 2.52. The van der Waals surface area contributed by atoms with Gasteiger partial charge in [0.05, 0.1) is 6.04 Å². The minimum absolute atomic E-state index is 0.376. The summed E-state index contributed by atoms with van der Waals surface area (Å²) >= 11 is 0. The molecule has 1 saturated heterocycles. The Morgan fingerprint density at radius 1 is 1.29 bits per heavy atom. The van der Waals surface area contributed by atoms with Crippen LogP contribution in [0.25, 0.3) is 0 Å². The third-order valence-electron chi connectivity index (χ3n) is 3.56. The fourth-order valence-corrected chi connectivity index (χ4v) is 2.52. The first-order valence-electron chi connectivity index (χ1n) is 5.55. The highest BCUT2D eigenvalue weighted by molar-refractivity contribution is 5.72. The third-order valence-corrected chi connectivity index (χ3v) is 3.56. The second-order valence-corrected chi connectivity index (χ2v) is 4.56. The smallest absolute Gasteiger partial charge is 0.408 e. The Morgan fingerprint density at radius 3 is 2.65 bits per heavy atom. The number of nitrogens with one attached hydrogen (secondary N) is 1. The van der Waals surface area contributed by atoms with Crippen LogP contribution in [0.2, 0.25) is 0 Å². The van der Waals surface area contributed by atoms with Gasteiger partial charge < -0.3 is 10.1 Å². The molecular weight excluding hydrogens is 228 g/mol. The molecule has 1 aliphatic heterocycles. The lowest BCUT2D eigenvalue weighted by Gasteiger charge is -2.40. The predicted octanol–water partition coefficient (Wildman–Crippen LogP) is 2.67. The van der Waals surface area contributed by atoms with Crippen molar-refractivity contribution < 1.29 is 18.3 Å². The summed E-state index contributed by atoms with van der Waals surface area (Å²) in [7, 11) is 0. The van der Waals surface area contributed by atoms with Crippen LogP contribution >= 0.6 is 0 Å². The topological polar surface area (TPSA) is 38.3 Å². The Labute approximate surface area is 96.8 Å². The summed E-state index contributed by atoms with van der Waals surface area (Å²) in [5, 5.41) is 2.66. The van der Waals surface area contributed by atoms with Crippen LogP contribution in [-0.4, -0.2) is 11.7 Å². The summed E-state index contributed by atoms with van der Waals surface area (Å²) in [6.45, 7) is 0. The summed E-state index contributed by atoms with van der Waals surface area (Å²) in [5.74, 6) is -1.79. The number of benzene rings is 1. The fraction of sp³-hybridized carbons (Fsp3) is 0.417. The minimum Gasteiger partial charge on any atom is -0.440 e. The highest BCUT2D eigenvalue weighted by Crippen LogP contribution is 2.48. The van der Waals surface area contributed by atoms with Crippen molar-refractivity contribution in [2.24, 2.45) is 0 Å². The maximum atomic E-state index is 13.2. The molecule has 1 amide bonds. The van der Waals surface area contributed by atoms with Crippen molar-refractivity contribution in [3.05, 3.63) is 35.4 Å². The van der Waals surface area contributed by atoms with Gasteiger partial charge in [-0.3, -0.25) is 0 Å².